The van der Waals surface area contributed by atoms with E-state index in [0.717, 1.165) is 11.3 Å². The number of benzene rings is 1. The molecule has 2 aromatic rings. The summed E-state index contributed by atoms with van der Waals surface area (Å²) in [5.41, 5.74) is 6.36. The lowest BCUT2D eigenvalue weighted by Gasteiger charge is -2.35. The largest absolute Gasteiger partial charge is 0.497 e. The molecule has 0 saturated carbocycles. The van der Waals surface area contributed by atoms with Crippen molar-refractivity contribution in [2.75, 3.05) is 37.4 Å². The van der Waals surface area contributed by atoms with Crippen LogP contribution in [0, 0.1) is 12.3 Å². The Kier molecular flexibility index (Phi) is 3.64. The number of nitrogens with zero attached hydrogens (tertiary/aromatic N) is 3. The maximum absolute atomic E-state index is 12.2. The minimum Gasteiger partial charge on any atom is -0.497 e. The number of hydrogen-bond acceptors (Lipinski definition) is 7. The number of carboxylic acids is 1. The molecule has 2 aliphatic rings. The number of fused-ring (bicyclic) bond motifs is 3. The molecule has 1 saturated heterocycles. The van der Waals surface area contributed by atoms with Crippen molar-refractivity contribution in [3.63, 3.8) is 0 Å². The number of aryl methyl sites for hydroxylation is 1. The van der Waals surface area contributed by atoms with Crippen molar-refractivity contribution in [3.8, 4) is 11.5 Å². The topological polar surface area (TPSA) is 111 Å². The second-order valence-corrected chi connectivity index (χ2v) is 6.81. The highest BCUT2D eigenvalue weighted by molar-refractivity contribution is 5.80. The van der Waals surface area contributed by atoms with Crippen LogP contribution in [0.2, 0.25) is 0 Å². The van der Waals surface area contributed by atoms with Crippen molar-refractivity contribution in [2.24, 2.45) is 5.41 Å². The highest BCUT2D eigenvalue weighted by atomic mass is 16.5. The number of hydrogen-bond donors (Lipinski definition) is 2. The molecule has 2 atom stereocenters. The number of carboxylic acid groups (broad SMARTS) is 1. The molecule has 3 heterocycles. The quantitative estimate of drug-likeness (QED) is 0.850. The molecule has 4 rings (SSSR count). The zero-order chi connectivity index (χ0) is 18.5. The molecule has 0 aliphatic carbocycles. The van der Waals surface area contributed by atoms with Gasteiger partial charge in [-0.05, 0) is 13.0 Å². The van der Waals surface area contributed by atoms with Crippen molar-refractivity contribution in [1.29, 1.82) is 0 Å². The number of nitrogen functional groups attached to an aromatic ring is 1. The molecule has 2 aliphatic heterocycles. The van der Waals surface area contributed by atoms with E-state index in [4.69, 9.17) is 15.2 Å². The summed E-state index contributed by atoms with van der Waals surface area (Å²) >= 11 is 0. The fourth-order valence-corrected chi connectivity index (χ4v) is 3.90. The molecule has 1 aromatic heterocycles. The van der Waals surface area contributed by atoms with Crippen molar-refractivity contribution in [3.05, 3.63) is 35.5 Å². The molecular weight excluding hydrogens is 336 g/mol. The number of carbonyl (C=O) groups is 1. The summed E-state index contributed by atoms with van der Waals surface area (Å²) < 4.78 is 11.1. The van der Waals surface area contributed by atoms with E-state index in [1.807, 2.05) is 30.0 Å². The van der Waals surface area contributed by atoms with Gasteiger partial charge >= 0.3 is 5.97 Å². The molecule has 1 unspecified atom stereocenters. The number of anilines is 2. The van der Waals surface area contributed by atoms with Crippen molar-refractivity contribution < 1.29 is 19.4 Å². The van der Waals surface area contributed by atoms with E-state index in [-0.39, 0.29) is 18.5 Å². The summed E-state index contributed by atoms with van der Waals surface area (Å²) in [6.45, 7) is 2.75. The minimum absolute atomic E-state index is 0.100. The lowest BCUT2D eigenvalue weighted by Crippen LogP contribution is -2.45. The Morgan fingerprint density at radius 2 is 2.23 bits per heavy atom. The van der Waals surface area contributed by atoms with Crippen LogP contribution in [0.5, 0.6) is 11.5 Å². The number of aliphatic carboxylic acids is 1. The van der Waals surface area contributed by atoms with Crippen molar-refractivity contribution in [2.45, 2.75) is 12.8 Å². The first-order valence-electron chi connectivity index (χ1n) is 8.33. The molecule has 0 spiro atoms. The van der Waals surface area contributed by atoms with Gasteiger partial charge in [-0.2, -0.15) is 4.98 Å². The Labute approximate surface area is 150 Å². The maximum Gasteiger partial charge on any atom is 0.315 e. The average Bonchev–Trinajstić information content (AvgIpc) is 3.02. The molecule has 136 valence electrons. The van der Waals surface area contributed by atoms with Gasteiger partial charge in [0.2, 0.25) is 5.95 Å². The van der Waals surface area contributed by atoms with Gasteiger partial charge in [-0.1, -0.05) is 6.07 Å². The summed E-state index contributed by atoms with van der Waals surface area (Å²) in [4.78, 5) is 22.5. The maximum atomic E-state index is 12.2. The Bertz CT molecular complexity index is 867. The normalized spacial score (nSPS) is 23.8. The van der Waals surface area contributed by atoms with Crippen LogP contribution in [-0.4, -0.2) is 47.8 Å². The molecule has 0 amide bonds. The highest BCUT2D eigenvalue weighted by Gasteiger charge is 2.57. The fourth-order valence-electron chi connectivity index (χ4n) is 3.90. The first-order valence-corrected chi connectivity index (χ1v) is 8.33. The SMILES string of the molecule is COc1ccc2c(c1)OC[C@]1(C(=O)O)CN(c3cc(C)nc(N)n3)CC21. The fraction of sp³-hybridized carbons (Fsp3) is 0.389. The van der Waals surface area contributed by atoms with Crippen LogP contribution >= 0.6 is 0 Å². The lowest BCUT2D eigenvalue weighted by molar-refractivity contribution is -0.151. The zero-order valence-corrected chi connectivity index (χ0v) is 14.6. The van der Waals surface area contributed by atoms with Crippen LogP contribution in [0.15, 0.2) is 24.3 Å². The predicted molar refractivity (Wildman–Crippen MR) is 94.7 cm³/mol. The monoisotopic (exact) mass is 356 g/mol. The van der Waals surface area contributed by atoms with Gasteiger partial charge in [-0.15, -0.1) is 0 Å². The summed E-state index contributed by atoms with van der Waals surface area (Å²) in [7, 11) is 1.59. The van der Waals surface area contributed by atoms with Gasteiger partial charge < -0.3 is 25.2 Å². The van der Waals surface area contributed by atoms with Crippen LogP contribution in [0.3, 0.4) is 0 Å². The van der Waals surface area contributed by atoms with Gasteiger partial charge in [0.15, 0.2) is 0 Å². The second kappa shape index (κ2) is 5.76. The van der Waals surface area contributed by atoms with E-state index in [0.29, 0.717) is 30.4 Å². The number of methoxy groups -OCH3 is 1. The van der Waals surface area contributed by atoms with Gasteiger partial charge in [-0.3, -0.25) is 4.79 Å². The molecule has 26 heavy (non-hydrogen) atoms. The molecule has 1 fully saturated rings. The molecule has 1 aromatic carbocycles. The predicted octanol–water partition coefficient (Wildman–Crippen LogP) is 1.44. The van der Waals surface area contributed by atoms with E-state index in [1.54, 1.807) is 13.2 Å². The third kappa shape index (κ3) is 2.40. The molecule has 3 N–H and O–H groups in total. The Balaban J connectivity index is 1.76. The Morgan fingerprint density at radius 3 is 2.92 bits per heavy atom. The summed E-state index contributed by atoms with van der Waals surface area (Å²) in [5.74, 6) is 1.09. The van der Waals surface area contributed by atoms with Crippen molar-refractivity contribution >= 4 is 17.7 Å². The number of nitrogens with two attached hydrogens (primary N) is 1. The second-order valence-electron chi connectivity index (χ2n) is 6.81. The third-order valence-corrected chi connectivity index (χ3v) is 5.23. The van der Waals surface area contributed by atoms with E-state index >= 15 is 0 Å². The van der Waals surface area contributed by atoms with Crippen LogP contribution in [0.25, 0.3) is 0 Å². The van der Waals surface area contributed by atoms with Crippen LogP contribution < -0.4 is 20.1 Å². The van der Waals surface area contributed by atoms with Crippen LogP contribution in [-0.2, 0) is 4.79 Å². The smallest absolute Gasteiger partial charge is 0.315 e. The molecule has 8 nitrogen and oxygen atoms in total. The van der Waals surface area contributed by atoms with E-state index in [2.05, 4.69) is 9.97 Å². The van der Waals surface area contributed by atoms with Gasteiger partial charge in [0.05, 0.1) is 7.11 Å². The standard InChI is InChI=1S/C18H20N4O4/c1-10-5-15(21-17(19)20-10)22-7-13-12-4-3-11(25-2)6-14(12)26-9-18(13,8-22)16(23)24/h3-6,13H,7-9H2,1-2H3,(H,23,24)(H2,19,20,21)/t13?,18-/m1/s1. The van der Waals surface area contributed by atoms with Gasteiger partial charge in [0.1, 0.15) is 29.3 Å². The minimum atomic E-state index is -1.03. The third-order valence-electron chi connectivity index (χ3n) is 5.23. The van der Waals surface area contributed by atoms with Gasteiger partial charge in [-0.25, -0.2) is 4.98 Å². The van der Waals surface area contributed by atoms with Gasteiger partial charge in [0, 0.05) is 42.4 Å². The van der Waals surface area contributed by atoms with Crippen molar-refractivity contribution in [1.82, 2.24) is 9.97 Å². The van der Waals surface area contributed by atoms with Crippen LogP contribution in [0.4, 0.5) is 11.8 Å². The van der Waals surface area contributed by atoms with E-state index in [1.165, 1.54) is 0 Å². The van der Waals surface area contributed by atoms with Crippen LogP contribution in [0.1, 0.15) is 17.2 Å². The number of ether oxygens (including phenoxy) is 2. The summed E-state index contributed by atoms with van der Waals surface area (Å²) in [5, 5.41) is 10.0. The number of rotatable bonds is 3. The Hall–Kier alpha value is -3.03. The highest BCUT2D eigenvalue weighted by Crippen LogP contribution is 2.51. The first kappa shape index (κ1) is 16.4. The summed E-state index contributed by atoms with van der Waals surface area (Å²) in [6, 6.07) is 7.34. The molecule has 0 bridgehead atoms. The van der Waals surface area contributed by atoms with E-state index < -0.39 is 11.4 Å². The zero-order valence-electron chi connectivity index (χ0n) is 14.6. The molecule has 8 heteroatoms. The van der Waals surface area contributed by atoms with E-state index in [9.17, 15) is 9.90 Å². The number of aromatic nitrogens is 2. The lowest BCUT2D eigenvalue weighted by atomic mass is 9.73. The summed E-state index contributed by atoms with van der Waals surface area (Å²) in [6.07, 6.45) is 0. The van der Waals surface area contributed by atoms with Gasteiger partial charge in [0.25, 0.3) is 0 Å². The average molecular weight is 356 g/mol. The Morgan fingerprint density at radius 1 is 1.42 bits per heavy atom. The molecular formula is C18H20N4O4. The first-order chi connectivity index (χ1) is 12.4. The molecule has 0 radical (unpaired) electrons.